The Morgan fingerprint density at radius 3 is 2.50 bits per heavy atom. The summed E-state index contributed by atoms with van der Waals surface area (Å²) in [6.45, 7) is 0.892. The van der Waals surface area contributed by atoms with Gasteiger partial charge in [0.05, 0.1) is 10.5 Å². The van der Waals surface area contributed by atoms with Crippen molar-refractivity contribution in [2.24, 2.45) is 0 Å². The molecule has 2 rings (SSSR count). The minimum atomic E-state index is -0.454. The lowest BCUT2D eigenvalue weighted by molar-refractivity contribution is -0.384. The highest BCUT2D eigenvalue weighted by Gasteiger charge is 2.05. The quantitative estimate of drug-likeness (QED) is 0.369. The molecule has 0 fully saturated rings. The van der Waals surface area contributed by atoms with Crippen molar-refractivity contribution in [3.8, 4) is 0 Å². The molecule has 0 aliphatic carbocycles. The molecule has 1 aromatic heterocycles. The maximum absolute atomic E-state index is 11.8. The molecule has 0 atom stereocenters. The molecule has 0 bridgehead atoms. The van der Waals surface area contributed by atoms with E-state index in [4.69, 9.17) is 11.6 Å². The first kappa shape index (κ1) is 15.7. The molecule has 22 heavy (non-hydrogen) atoms. The lowest BCUT2D eigenvalue weighted by atomic mass is 10.2. The number of hydrogen-bond acceptors (Lipinski definition) is 5. The molecule has 0 radical (unpaired) electrons. The molecule has 7 nitrogen and oxygen atoms in total. The smallest absolute Gasteiger partial charge is 0.269 e. The van der Waals surface area contributed by atoms with Crippen molar-refractivity contribution >= 4 is 28.9 Å². The molecule has 1 heterocycles. The van der Waals surface area contributed by atoms with Crippen molar-refractivity contribution in [1.29, 1.82) is 0 Å². The second-order valence-electron chi connectivity index (χ2n) is 4.36. The maximum atomic E-state index is 11.8. The number of nitro groups is 1. The van der Waals surface area contributed by atoms with Crippen LogP contribution in [-0.4, -0.2) is 28.9 Å². The Morgan fingerprint density at radius 1 is 1.18 bits per heavy atom. The largest absolute Gasteiger partial charge is 0.383 e. The van der Waals surface area contributed by atoms with Gasteiger partial charge in [-0.1, -0.05) is 11.6 Å². The van der Waals surface area contributed by atoms with Crippen LogP contribution >= 0.6 is 11.6 Å². The second kappa shape index (κ2) is 7.37. The summed E-state index contributed by atoms with van der Waals surface area (Å²) in [5.41, 5.74) is 1.21. The summed E-state index contributed by atoms with van der Waals surface area (Å²) in [5, 5.41) is 16.6. The summed E-state index contributed by atoms with van der Waals surface area (Å²) in [4.78, 5) is 25.7. The predicted octanol–water partition coefficient (Wildman–Crippen LogP) is 2.49. The third kappa shape index (κ3) is 4.42. The van der Waals surface area contributed by atoms with Gasteiger partial charge in [-0.2, -0.15) is 0 Å². The Labute approximate surface area is 131 Å². The fourth-order valence-electron chi connectivity index (χ4n) is 1.70. The SMILES string of the molecule is O=C(NCCNc1ccc([N+](=O)[O-])cc1)c1ccc(Cl)nc1. The van der Waals surface area contributed by atoms with Crippen LogP contribution in [0.1, 0.15) is 10.4 Å². The van der Waals surface area contributed by atoms with Gasteiger partial charge in [-0.05, 0) is 24.3 Å². The van der Waals surface area contributed by atoms with E-state index in [0.29, 0.717) is 23.8 Å². The molecule has 0 saturated heterocycles. The Balaban J connectivity index is 1.75. The highest BCUT2D eigenvalue weighted by Crippen LogP contribution is 2.14. The number of non-ortho nitro benzene ring substituents is 1. The molecule has 1 amide bonds. The lowest BCUT2D eigenvalue weighted by Crippen LogP contribution is -2.28. The first-order valence-corrected chi connectivity index (χ1v) is 6.82. The van der Waals surface area contributed by atoms with Crippen molar-refractivity contribution in [3.63, 3.8) is 0 Å². The first-order chi connectivity index (χ1) is 10.6. The number of anilines is 1. The third-order valence-electron chi connectivity index (χ3n) is 2.81. The molecule has 0 saturated carbocycles. The summed E-state index contributed by atoms with van der Waals surface area (Å²) in [6.07, 6.45) is 1.40. The zero-order chi connectivity index (χ0) is 15.9. The number of carbonyl (C=O) groups excluding carboxylic acids is 1. The predicted molar refractivity (Wildman–Crippen MR) is 83.2 cm³/mol. The van der Waals surface area contributed by atoms with Crippen molar-refractivity contribution in [3.05, 3.63) is 63.4 Å². The topological polar surface area (TPSA) is 97.2 Å². The van der Waals surface area contributed by atoms with E-state index in [0.717, 1.165) is 5.69 Å². The van der Waals surface area contributed by atoms with Gasteiger partial charge in [0.2, 0.25) is 0 Å². The van der Waals surface area contributed by atoms with Gasteiger partial charge in [0.25, 0.3) is 11.6 Å². The standard InChI is InChI=1S/C14H13ClN4O3/c15-13-6-1-10(9-18-13)14(20)17-8-7-16-11-2-4-12(5-3-11)19(21)22/h1-6,9,16H,7-8H2,(H,17,20). The number of carbonyl (C=O) groups is 1. The highest BCUT2D eigenvalue weighted by atomic mass is 35.5. The van der Waals surface area contributed by atoms with Gasteiger partial charge in [0.15, 0.2) is 0 Å². The molecular weight excluding hydrogens is 308 g/mol. The normalized spacial score (nSPS) is 10.0. The van der Waals surface area contributed by atoms with Crippen molar-refractivity contribution in [1.82, 2.24) is 10.3 Å². The number of hydrogen-bond donors (Lipinski definition) is 2. The van der Waals surface area contributed by atoms with Crippen LogP contribution in [0.3, 0.4) is 0 Å². The van der Waals surface area contributed by atoms with Crippen LogP contribution in [0.25, 0.3) is 0 Å². The van der Waals surface area contributed by atoms with Gasteiger partial charge >= 0.3 is 0 Å². The van der Waals surface area contributed by atoms with Gasteiger partial charge in [0, 0.05) is 37.1 Å². The molecule has 114 valence electrons. The van der Waals surface area contributed by atoms with E-state index in [2.05, 4.69) is 15.6 Å². The molecule has 0 spiro atoms. The number of benzene rings is 1. The number of pyridine rings is 1. The summed E-state index contributed by atoms with van der Waals surface area (Å²) >= 11 is 5.65. The maximum Gasteiger partial charge on any atom is 0.269 e. The molecule has 8 heteroatoms. The van der Waals surface area contributed by atoms with E-state index in [1.807, 2.05) is 0 Å². The average molecular weight is 321 g/mol. The fraction of sp³-hybridized carbons (Fsp3) is 0.143. The van der Waals surface area contributed by atoms with E-state index < -0.39 is 4.92 Å². The van der Waals surface area contributed by atoms with Gasteiger partial charge in [-0.25, -0.2) is 4.98 Å². The number of nitrogens with zero attached hydrogens (tertiary/aromatic N) is 2. The third-order valence-corrected chi connectivity index (χ3v) is 3.03. The molecule has 0 aliphatic rings. The Bertz CT molecular complexity index is 659. The summed E-state index contributed by atoms with van der Waals surface area (Å²) in [5.74, 6) is -0.241. The monoisotopic (exact) mass is 320 g/mol. The molecular formula is C14H13ClN4O3. The molecule has 1 aromatic carbocycles. The van der Waals surface area contributed by atoms with Crippen LogP contribution < -0.4 is 10.6 Å². The lowest BCUT2D eigenvalue weighted by Gasteiger charge is -2.08. The number of amides is 1. The van der Waals surface area contributed by atoms with Gasteiger partial charge in [-0.3, -0.25) is 14.9 Å². The Hall–Kier alpha value is -2.67. The first-order valence-electron chi connectivity index (χ1n) is 6.44. The van der Waals surface area contributed by atoms with Crippen LogP contribution in [0.4, 0.5) is 11.4 Å². The second-order valence-corrected chi connectivity index (χ2v) is 4.74. The van der Waals surface area contributed by atoms with Crippen LogP contribution in [0, 0.1) is 10.1 Å². The van der Waals surface area contributed by atoms with E-state index in [1.54, 1.807) is 24.3 Å². The minimum Gasteiger partial charge on any atom is -0.383 e. The zero-order valence-electron chi connectivity index (χ0n) is 11.5. The van der Waals surface area contributed by atoms with Gasteiger partial charge in [-0.15, -0.1) is 0 Å². The molecule has 2 N–H and O–H groups in total. The van der Waals surface area contributed by atoms with Crippen LogP contribution in [0.15, 0.2) is 42.6 Å². The van der Waals surface area contributed by atoms with Crippen LogP contribution in [-0.2, 0) is 0 Å². The highest BCUT2D eigenvalue weighted by molar-refractivity contribution is 6.29. The van der Waals surface area contributed by atoms with Crippen molar-refractivity contribution in [2.45, 2.75) is 0 Å². The molecule has 0 unspecified atom stereocenters. The molecule has 2 aromatic rings. The van der Waals surface area contributed by atoms with Gasteiger partial charge in [0.1, 0.15) is 5.15 Å². The van der Waals surface area contributed by atoms with E-state index in [-0.39, 0.29) is 11.6 Å². The van der Waals surface area contributed by atoms with Gasteiger partial charge < -0.3 is 10.6 Å². The number of halogens is 1. The van der Waals surface area contributed by atoms with Crippen LogP contribution in [0.2, 0.25) is 5.15 Å². The summed E-state index contributed by atoms with van der Waals surface area (Å²) < 4.78 is 0. The Morgan fingerprint density at radius 2 is 1.91 bits per heavy atom. The van der Waals surface area contributed by atoms with Crippen molar-refractivity contribution in [2.75, 3.05) is 18.4 Å². The Kier molecular flexibility index (Phi) is 5.26. The minimum absolute atomic E-state index is 0.0362. The number of aromatic nitrogens is 1. The van der Waals surface area contributed by atoms with Crippen LogP contribution in [0.5, 0.6) is 0 Å². The summed E-state index contributed by atoms with van der Waals surface area (Å²) in [7, 11) is 0. The van der Waals surface area contributed by atoms with E-state index >= 15 is 0 Å². The number of nitrogens with one attached hydrogen (secondary N) is 2. The van der Waals surface area contributed by atoms with E-state index in [1.165, 1.54) is 18.3 Å². The van der Waals surface area contributed by atoms with Crippen molar-refractivity contribution < 1.29 is 9.72 Å². The fourth-order valence-corrected chi connectivity index (χ4v) is 1.81. The summed E-state index contributed by atoms with van der Waals surface area (Å²) in [6, 6.07) is 9.20. The molecule has 0 aliphatic heterocycles. The zero-order valence-corrected chi connectivity index (χ0v) is 12.2. The number of nitro benzene ring substituents is 1. The average Bonchev–Trinajstić information content (AvgIpc) is 2.52. The van der Waals surface area contributed by atoms with E-state index in [9.17, 15) is 14.9 Å². The number of rotatable bonds is 6.